The number of hydrogen-bond donors (Lipinski definition) is 2. The van der Waals surface area contributed by atoms with Gasteiger partial charge in [0, 0.05) is 4.88 Å². The van der Waals surface area contributed by atoms with Gasteiger partial charge in [-0.1, -0.05) is 6.07 Å². The molecule has 1 heterocycles. The number of amides is 1. The van der Waals surface area contributed by atoms with Crippen LogP contribution in [0.3, 0.4) is 0 Å². The highest BCUT2D eigenvalue weighted by Crippen LogP contribution is 2.18. The molecular weight excluding hydrogens is 196 g/mol. The van der Waals surface area contributed by atoms with E-state index in [1.807, 2.05) is 24.4 Å². The van der Waals surface area contributed by atoms with E-state index in [0.29, 0.717) is 0 Å². The summed E-state index contributed by atoms with van der Waals surface area (Å²) in [7, 11) is 0. The van der Waals surface area contributed by atoms with Crippen molar-refractivity contribution in [3.63, 3.8) is 0 Å². The van der Waals surface area contributed by atoms with Gasteiger partial charge < -0.3 is 11.1 Å². The van der Waals surface area contributed by atoms with Crippen LogP contribution in [0.4, 0.5) is 0 Å². The molecule has 1 aromatic heterocycles. The Labute approximate surface area is 88.3 Å². The van der Waals surface area contributed by atoms with Gasteiger partial charge in [0.05, 0.1) is 11.6 Å². The quantitative estimate of drug-likeness (QED) is 0.800. The van der Waals surface area contributed by atoms with Crippen LogP contribution in [0.1, 0.15) is 31.7 Å². The lowest BCUT2D eigenvalue weighted by Gasteiger charge is -2.21. The van der Waals surface area contributed by atoms with E-state index in [4.69, 9.17) is 5.73 Å². The van der Waals surface area contributed by atoms with Crippen molar-refractivity contribution in [2.45, 2.75) is 32.4 Å². The molecule has 0 saturated heterocycles. The van der Waals surface area contributed by atoms with Gasteiger partial charge in [-0.2, -0.15) is 0 Å². The van der Waals surface area contributed by atoms with E-state index in [1.54, 1.807) is 25.2 Å². The summed E-state index contributed by atoms with van der Waals surface area (Å²) in [4.78, 5) is 12.7. The molecule has 78 valence electrons. The van der Waals surface area contributed by atoms with Crippen LogP contribution in [0.5, 0.6) is 0 Å². The Morgan fingerprint density at radius 2 is 2.29 bits per heavy atom. The maximum Gasteiger partial charge on any atom is 0.240 e. The predicted octanol–water partition coefficient (Wildman–Crippen LogP) is 1.66. The highest BCUT2D eigenvalue weighted by atomic mass is 32.1. The molecule has 0 unspecified atom stereocenters. The van der Waals surface area contributed by atoms with E-state index >= 15 is 0 Å². The molecule has 0 bridgehead atoms. The van der Waals surface area contributed by atoms with E-state index in [2.05, 4.69) is 5.32 Å². The lowest BCUT2D eigenvalue weighted by molar-refractivity contribution is -0.125. The zero-order valence-corrected chi connectivity index (χ0v) is 9.52. The standard InChI is InChI=1S/C10H16N2OS/c1-7(8-5-4-6-14-8)12-9(13)10(2,3)11/h4-7H,11H2,1-3H3,(H,12,13)/t7-/m0/s1. The first-order valence-electron chi connectivity index (χ1n) is 4.54. The van der Waals surface area contributed by atoms with Crippen molar-refractivity contribution in [2.75, 3.05) is 0 Å². The second-order valence-electron chi connectivity index (χ2n) is 3.93. The molecular formula is C10H16N2OS. The number of thiophene rings is 1. The van der Waals surface area contributed by atoms with Crippen molar-refractivity contribution in [1.29, 1.82) is 0 Å². The molecule has 1 amide bonds. The van der Waals surface area contributed by atoms with Crippen molar-refractivity contribution in [3.05, 3.63) is 22.4 Å². The van der Waals surface area contributed by atoms with Gasteiger partial charge in [-0.25, -0.2) is 0 Å². The zero-order chi connectivity index (χ0) is 10.8. The highest BCUT2D eigenvalue weighted by Gasteiger charge is 2.23. The van der Waals surface area contributed by atoms with Gasteiger partial charge in [-0.05, 0) is 32.2 Å². The average molecular weight is 212 g/mol. The molecule has 3 N–H and O–H groups in total. The van der Waals surface area contributed by atoms with Crippen LogP contribution < -0.4 is 11.1 Å². The van der Waals surface area contributed by atoms with Crippen LogP contribution in [-0.2, 0) is 4.79 Å². The fourth-order valence-corrected chi connectivity index (χ4v) is 1.73. The number of carbonyl (C=O) groups excluding carboxylic acids is 1. The molecule has 0 radical (unpaired) electrons. The molecule has 0 saturated carbocycles. The Hall–Kier alpha value is -0.870. The van der Waals surface area contributed by atoms with Gasteiger partial charge in [0.2, 0.25) is 5.91 Å². The summed E-state index contributed by atoms with van der Waals surface area (Å²) in [6.07, 6.45) is 0. The fraction of sp³-hybridized carbons (Fsp3) is 0.500. The largest absolute Gasteiger partial charge is 0.347 e. The van der Waals surface area contributed by atoms with Crippen molar-refractivity contribution < 1.29 is 4.79 Å². The monoisotopic (exact) mass is 212 g/mol. The van der Waals surface area contributed by atoms with Crippen LogP contribution in [-0.4, -0.2) is 11.4 Å². The van der Waals surface area contributed by atoms with E-state index in [1.165, 1.54) is 0 Å². The van der Waals surface area contributed by atoms with E-state index < -0.39 is 5.54 Å². The second kappa shape index (κ2) is 4.11. The molecule has 4 heteroatoms. The van der Waals surface area contributed by atoms with Crippen molar-refractivity contribution in [1.82, 2.24) is 5.32 Å². The van der Waals surface area contributed by atoms with Crippen LogP contribution in [0.15, 0.2) is 17.5 Å². The minimum Gasteiger partial charge on any atom is -0.347 e. The minimum absolute atomic E-state index is 0.0327. The third-order valence-electron chi connectivity index (χ3n) is 1.90. The first-order valence-corrected chi connectivity index (χ1v) is 5.42. The predicted molar refractivity (Wildman–Crippen MR) is 59.1 cm³/mol. The van der Waals surface area contributed by atoms with Crippen molar-refractivity contribution >= 4 is 17.2 Å². The Morgan fingerprint density at radius 3 is 2.71 bits per heavy atom. The maximum absolute atomic E-state index is 11.5. The van der Waals surface area contributed by atoms with Crippen LogP contribution in [0.25, 0.3) is 0 Å². The first kappa shape index (κ1) is 11.2. The van der Waals surface area contributed by atoms with Crippen molar-refractivity contribution in [2.24, 2.45) is 5.73 Å². The number of rotatable bonds is 3. The minimum atomic E-state index is -0.814. The summed E-state index contributed by atoms with van der Waals surface area (Å²) in [5, 5.41) is 4.86. The third kappa shape index (κ3) is 2.82. The first-order chi connectivity index (χ1) is 6.41. The maximum atomic E-state index is 11.5. The molecule has 1 rings (SSSR count). The zero-order valence-electron chi connectivity index (χ0n) is 8.70. The molecule has 3 nitrogen and oxygen atoms in total. The molecule has 1 atom stereocenters. The summed E-state index contributed by atoms with van der Waals surface area (Å²) >= 11 is 1.63. The molecule has 14 heavy (non-hydrogen) atoms. The highest BCUT2D eigenvalue weighted by molar-refractivity contribution is 7.10. The molecule has 1 aromatic rings. The summed E-state index contributed by atoms with van der Waals surface area (Å²) in [6.45, 7) is 5.35. The average Bonchev–Trinajstić information content (AvgIpc) is 2.53. The number of carbonyl (C=O) groups is 1. The summed E-state index contributed by atoms with van der Waals surface area (Å²) in [5.74, 6) is -0.126. The summed E-state index contributed by atoms with van der Waals surface area (Å²) in [5.41, 5.74) is 4.86. The Morgan fingerprint density at radius 1 is 1.64 bits per heavy atom. The van der Waals surface area contributed by atoms with Gasteiger partial charge in [0.25, 0.3) is 0 Å². The molecule has 0 spiro atoms. The number of hydrogen-bond acceptors (Lipinski definition) is 3. The molecule has 0 fully saturated rings. The van der Waals surface area contributed by atoms with E-state index in [-0.39, 0.29) is 11.9 Å². The summed E-state index contributed by atoms with van der Waals surface area (Å²) in [6, 6.07) is 4.00. The Balaban J connectivity index is 2.58. The van der Waals surface area contributed by atoms with E-state index in [9.17, 15) is 4.79 Å². The Kier molecular flexibility index (Phi) is 3.29. The fourth-order valence-electron chi connectivity index (χ4n) is 0.991. The van der Waals surface area contributed by atoms with E-state index in [0.717, 1.165) is 4.88 Å². The van der Waals surface area contributed by atoms with Gasteiger partial charge in [-0.15, -0.1) is 11.3 Å². The summed E-state index contributed by atoms with van der Waals surface area (Å²) < 4.78 is 0. The van der Waals surface area contributed by atoms with Crippen LogP contribution in [0.2, 0.25) is 0 Å². The molecule has 0 aliphatic heterocycles. The lowest BCUT2D eigenvalue weighted by atomic mass is 10.1. The normalized spacial score (nSPS) is 13.7. The number of nitrogens with one attached hydrogen (secondary N) is 1. The smallest absolute Gasteiger partial charge is 0.240 e. The number of nitrogens with two attached hydrogens (primary N) is 1. The lowest BCUT2D eigenvalue weighted by Crippen LogP contribution is -2.49. The van der Waals surface area contributed by atoms with Gasteiger partial charge >= 0.3 is 0 Å². The topological polar surface area (TPSA) is 55.1 Å². The van der Waals surface area contributed by atoms with Gasteiger partial charge in [0.1, 0.15) is 0 Å². The second-order valence-corrected chi connectivity index (χ2v) is 4.91. The van der Waals surface area contributed by atoms with Gasteiger partial charge in [0.15, 0.2) is 0 Å². The molecule has 0 aliphatic rings. The SMILES string of the molecule is C[C@H](NC(=O)C(C)(C)N)c1cccs1. The molecule has 0 aliphatic carbocycles. The Bertz CT molecular complexity index is 300. The van der Waals surface area contributed by atoms with Gasteiger partial charge in [-0.3, -0.25) is 4.79 Å². The third-order valence-corrected chi connectivity index (χ3v) is 2.96. The van der Waals surface area contributed by atoms with Crippen LogP contribution in [0, 0.1) is 0 Å². The van der Waals surface area contributed by atoms with Crippen LogP contribution >= 0.6 is 11.3 Å². The molecule has 0 aromatic carbocycles. The van der Waals surface area contributed by atoms with Crippen molar-refractivity contribution in [3.8, 4) is 0 Å².